The normalized spacial score (nSPS) is 11.1. The lowest BCUT2D eigenvalue weighted by atomic mass is 10.1. The molecule has 0 aliphatic heterocycles. The number of hydrogen-bond acceptors (Lipinski definition) is 4. The first-order valence-corrected chi connectivity index (χ1v) is 8.63. The van der Waals surface area contributed by atoms with E-state index < -0.39 is 0 Å². The van der Waals surface area contributed by atoms with Crippen LogP contribution in [0.4, 0.5) is 0 Å². The summed E-state index contributed by atoms with van der Waals surface area (Å²) in [5, 5.41) is 10.6. The number of thiazole rings is 1. The molecule has 0 aliphatic rings. The minimum absolute atomic E-state index is 0.0577. The van der Waals surface area contributed by atoms with Crippen molar-refractivity contribution < 1.29 is 4.79 Å². The highest BCUT2D eigenvalue weighted by atomic mass is 32.1. The predicted molar refractivity (Wildman–Crippen MR) is 89.3 cm³/mol. The van der Waals surface area contributed by atoms with Gasteiger partial charge in [0.25, 0.3) is 5.91 Å². The number of aryl methyl sites for hydroxylation is 2. The topological polar surface area (TPSA) is 59.8 Å². The van der Waals surface area contributed by atoms with Crippen LogP contribution in [0.15, 0.2) is 11.4 Å². The molecule has 0 atom stereocenters. The molecule has 0 saturated carbocycles. The van der Waals surface area contributed by atoms with E-state index in [1.54, 1.807) is 16.0 Å². The number of nitrogens with one attached hydrogen (secondary N) is 1. The Bertz CT molecular complexity index is 630. The number of aromatic nitrogens is 3. The molecule has 0 bridgehead atoms. The second kappa shape index (κ2) is 7.54. The van der Waals surface area contributed by atoms with Gasteiger partial charge in [0, 0.05) is 30.6 Å². The van der Waals surface area contributed by atoms with Crippen molar-refractivity contribution >= 4 is 17.2 Å². The summed E-state index contributed by atoms with van der Waals surface area (Å²) >= 11 is 1.64. The van der Waals surface area contributed by atoms with E-state index in [4.69, 9.17) is 0 Å². The maximum absolute atomic E-state index is 12.3. The summed E-state index contributed by atoms with van der Waals surface area (Å²) in [5.41, 5.74) is 2.67. The van der Waals surface area contributed by atoms with Crippen molar-refractivity contribution in [2.45, 2.75) is 47.1 Å². The summed E-state index contributed by atoms with van der Waals surface area (Å²) in [7, 11) is 0. The molecule has 2 rings (SSSR count). The minimum Gasteiger partial charge on any atom is -0.350 e. The summed E-state index contributed by atoms with van der Waals surface area (Å²) in [5.74, 6) is 0.474. The fourth-order valence-electron chi connectivity index (χ4n) is 2.30. The molecule has 0 spiro atoms. The van der Waals surface area contributed by atoms with Crippen LogP contribution in [-0.4, -0.2) is 27.2 Å². The number of nitrogens with zero attached hydrogens (tertiary/aromatic N) is 3. The van der Waals surface area contributed by atoms with Crippen LogP contribution in [-0.2, 0) is 19.4 Å². The number of hydrogen-bond donors (Lipinski definition) is 1. The zero-order valence-electron chi connectivity index (χ0n) is 13.7. The van der Waals surface area contributed by atoms with Gasteiger partial charge in [0.15, 0.2) is 0 Å². The van der Waals surface area contributed by atoms with Crippen LogP contribution in [0.25, 0.3) is 0 Å². The van der Waals surface area contributed by atoms with Crippen LogP contribution in [0.2, 0.25) is 0 Å². The van der Waals surface area contributed by atoms with Gasteiger partial charge in [0.1, 0.15) is 5.69 Å². The smallest absolute Gasteiger partial charge is 0.269 e. The summed E-state index contributed by atoms with van der Waals surface area (Å²) in [6.07, 6.45) is 1.66. The highest BCUT2D eigenvalue weighted by Gasteiger charge is 2.15. The Balaban J connectivity index is 1.94. The standard InChI is InChI=1S/C16H24N4OS/c1-5-20-14(9-13(19-20)8-11(2)3)16(21)17-7-6-15-18-12(4)10-22-15/h9-11H,5-8H2,1-4H3,(H,17,21). The van der Waals surface area contributed by atoms with E-state index in [0.29, 0.717) is 24.7 Å². The van der Waals surface area contributed by atoms with Gasteiger partial charge in [-0.15, -0.1) is 11.3 Å². The second-order valence-electron chi connectivity index (χ2n) is 5.82. The molecule has 2 aromatic rings. The quantitative estimate of drug-likeness (QED) is 0.853. The first kappa shape index (κ1) is 16.7. The third-order valence-electron chi connectivity index (χ3n) is 3.27. The number of carbonyl (C=O) groups is 1. The van der Waals surface area contributed by atoms with Crippen LogP contribution >= 0.6 is 11.3 Å². The molecule has 0 unspecified atom stereocenters. The molecule has 5 nitrogen and oxygen atoms in total. The average Bonchev–Trinajstić information content (AvgIpc) is 3.04. The largest absolute Gasteiger partial charge is 0.350 e. The molecule has 2 heterocycles. The highest BCUT2D eigenvalue weighted by molar-refractivity contribution is 7.09. The van der Waals surface area contributed by atoms with Crippen molar-refractivity contribution in [2.75, 3.05) is 6.54 Å². The van der Waals surface area contributed by atoms with Crippen LogP contribution in [0.3, 0.4) is 0 Å². The summed E-state index contributed by atoms with van der Waals surface area (Å²) in [4.78, 5) is 16.7. The van der Waals surface area contributed by atoms with Gasteiger partial charge >= 0.3 is 0 Å². The number of amides is 1. The molecule has 0 fully saturated rings. The third-order valence-corrected chi connectivity index (χ3v) is 4.30. The Labute approximate surface area is 135 Å². The Kier molecular flexibility index (Phi) is 5.71. The van der Waals surface area contributed by atoms with E-state index in [9.17, 15) is 4.79 Å². The Morgan fingerprint density at radius 3 is 2.82 bits per heavy atom. The molecular weight excluding hydrogens is 296 g/mol. The van der Waals surface area contributed by atoms with Crippen LogP contribution in [0.1, 0.15) is 47.7 Å². The van der Waals surface area contributed by atoms with E-state index in [2.05, 4.69) is 29.2 Å². The lowest BCUT2D eigenvalue weighted by molar-refractivity contribution is 0.0943. The SMILES string of the molecule is CCn1nc(CC(C)C)cc1C(=O)NCCc1nc(C)cs1. The van der Waals surface area contributed by atoms with E-state index >= 15 is 0 Å². The molecule has 0 aliphatic carbocycles. The van der Waals surface area contributed by atoms with Crippen molar-refractivity contribution in [1.82, 2.24) is 20.1 Å². The monoisotopic (exact) mass is 320 g/mol. The van der Waals surface area contributed by atoms with Crippen LogP contribution in [0, 0.1) is 12.8 Å². The molecule has 1 amide bonds. The Morgan fingerprint density at radius 2 is 2.23 bits per heavy atom. The molecule has 2 aromatic heterocycles. The fraction of sp³-hybridized carbons (Fsp3) is 0.562. The van der Waals surface area contributed by atoms with Crippen molar-refractivity contribution in [3.05, 3.63) is 33.5 Å². The lowest BCUT2D eigenvalue weighted by Crippen LogP contribution is -2.28. The van der Waals surface area contributed by atoms with Gasteiger partial charge in [0.2, 0.25) is 0 Å². The summed E-state index contributed by atoms with van der Waals surface area (Å²) in [6, 6.07) is 1.91. The van der Waals surface area contributed by atoms with E-state index in [0.717, 1.165) is 29.2 Å². The van der Waals surface area contributed by atoms with Gasteiger partial charge in [-0.05, 0) is 32.3 Å². The van der Waals surface area contributed by atoms with Gasteiger partial charge < -0.3 is 5.32 Å². The molecule has 0 aromatic carbocycles. The van der Waals surface area contributed by atoms with Crippen LogP contribution in [0.5, 0.6) is 0 Å². The lowest BCUT2D eigenvalue weighted by Gasteiger charge is -2.05. The maximum atomic E-state index is 12.3. The van der Waals surface area contributed by atoms with E-state index in [1.165, 1.54) is 0 Å². The first-order valence-electron chi connectivity index (χ1n) is 7.75. The van der Waals surface area contributed by atoms with Crippen LogP contribution < -0.4 is 5.32 Å². The van der Waals surface area contributed by atoms with Gasteiger partial charge in [-0.1, -0.05) is 13.8 Å². The molecule has 0 saturated heterocycles. The molecule has 0 radical (unpaired) electrons. The maximum Gasteiger partial charge on any atom is 0.269 e. The van der Waals surface area contributed by atoms with Crippen molar-refractivity contribution in [1.29, 1.82) is 0 Å². The predicted octanol–water partition coefficient (Wildman–Crippen LogP) is 2.84. The van der Waals surface area contributed by atoms with Crippen molar-refractivity contribution in [3.8, 4) is 0 Å². The fourth-order valence-corrected chi connectivity index (χ4v) is 3.08. The first-order chi connectivity index (χ1) is 10.5. The van der Waals surface area contributed by atoms with Crippen molar-refractivity contribution in [2.24, 2.45) is 5.92 Å². The average molecular weight is 320 g/mol. The molecule has 22 heavy (non-hydrogen) atoms. The molecular formula is C16H24N4OS. The highest BCUT2D eigenvalue weighted by Crippen LogP contribution is 2.11. The summed E-state index contributed by atoms with van der Waals surface area (Å²) in [6.45, 7) is 9.59. The van der Waals surface area contributed by atoms with Gasteiger partial charge in [-0.2, -0.15) is 5.10 Å². The Morgan fingerprint density at radius 1 is 1.45 bits per heavy atom. The molecule has 1 N–H and O–H groups in total. The zero-order chi connectivity index (χ0) is 16.1. The van der Waals surface area contributed by atoms with Crippen molar-refractivity contribution in [3.63, 3.8) is 0 Å². The number of carbonyl (C=O) groups excluding carboxylic acids is 1. The Hall–Kier alpha value is -1.69. The molecule has 120 valence electrons. The van der Waals surface area contributed by atoms with Gasteiger partial charge in [0.05, 0.1) is 10.7 Å². The molecule has 6 heteroatoms. The minimum atomic E-state index is -0.0577. The van der Waals surface area contributed by atoms with E-state index in [-0.39, 0.29) is 5.91 Å². The van der Waals surface area contributed by atoms with Gasteiger partial charge in [-0.25, -0.2) is 4.98 Å². The number of rotatable bonds is 7. The zero-order valence-corrected chi connectivity index (χ0v) is 14.5. The second-order valence-corrected chi connectivity index (χ2v) is 6.77. The van der Waals surface area contributed by atoms with E-state index in [1.807, 2.05) is 25.3 Å². The van der Waals surface area contributed by atoms with Gasteiger partial charge in [-0.3, -0.25) is 9.48 Å². The third kappa shape index (κ3) is 4.40. The summed E-state index contributed by atoms with van der Waals surface area (Å²) < 4.78 is 1.78.